The maximum absolute atomic E-state index is 12.4. The number of carbonyl (C=O) groups is 2. The van der Waals surface area contributed by atoms with Gasteiger partial charge < -0.3 is 9.64 Å². The second-order valence-corrected chi connectivity index (χ2v) is 4.89. The molecule has 6 heteroatoms. The maximum Gasteiger partial charge on any atom is 0.325 e. The molecule has 0 aliphatic carbocycles. The van der Waals surface area contributed by atoms with Crippen LogP contribution in [-0.4, -0.2) is 46.8 Å². The molecule has 1 heterocycles. The molecule has 6 nitrogen and oxygen atoms in total. The zero-order valence-electron chi connectivity index (χ0n) is 12.8. The van der Waals surface area contributed by atoms with Crippen molar-refractivity contribution in [2.45, 2.75) is 40.2 Å². The van der Waals surface area contributed by atoms with Crippen molar-refractivity contribution in [3.8, 4) is 0 Å². The van der Waals surface area contributed by atoms with Gasteiger partial charge in [0.25, 0.3) is 5.91 Å². The van der Waals surface area contributed by atoms with Gasteiger partial charge in [-0.2, -0.15) is 5.10 Å². The molecular formula is C14H23N3O3. The molecule has 112 valence electrons. The van der Waals surface area contributed by atoms with Gasteiger partial charge in [-0.05, 0) is 25.8 Å². The van der Waals surface area contributed by atoms with Gasteiger partial charge in [0.2, 0.25) is 0 Å². The predicted molar refractivity (Wildman–Crippen MR) is 75.6 cm³/mol. The summed E-state index contributed by atoms with van der Waals surface area (Å²) in [6.45, 7) is 8.59. The van der Waals surface area contributed by atoms with Crippen molar-refractivity contribution in [1.82, 2.24) is 14.7 Å². The van der Waals surface area contributed by atoms with Gasteiger partial charge in [0.15, 0.2) is 0 Å². The van der Waals surface area contributed by atoms with Crippen LogP contribution in [0.5, 0.6) is 0 Å². The van der Waals surface area contributed by atoms with E-state index in [4.69, 9.17) is 4.74 Å². The van der Waals surface area contributed by atoms with Crippen LogP contribution in [0.4, 0.5) is 0 Å². The van der Waals surface area contributed by atoms with Crippen LogP contribution in [0.1, 0.15) is 49.8 Å². The van der Waals surface area contributed by atoms with E-state index in [-0.39, 0.29) is 18.4 Å². The summed E-state index contributed by atoms with van der Waals surface area (Å²) in [5, 5.41) is 4.40. The van der Waals surface area contributed by atoms with Gasteiger partial charge in [-0.25, -0.2) is 0 Å². The summed E-state index contributed by atoms with van der Waals surface area (Å²) in [5.74, 6) is -0.376. The number of aromatic nitrogens is 2. The molecule has 1 rings (SSSR count). The number of hydrogen-bond acceptors (Lipinski definition) is 4. The molecule has 0 aromatic carbocycles. The van der Waals surface area contributed by atoms with E-state index in [1.54, 1.807) is 24.7 Å². The zero-order chi connectivity index (χ0) is 15.3. The fraction of sp³-hybridized carbons (Fsp3) is 0.643. The van der Waals surface area contributed by atoms with Gasteiger partial charge in [0.05, 0.1) is 12.3 Å². The molecule has 1 aromatic heterocycles. The molecule has 1 amide bonds. The highest BCUT2D eigenvalue weighted by Gasteiger charge is 2.21. The van der Waals surface area contributed by atoms with Crippen LogP contribution in [-0.2, 0) is 16.1 Å². The van der Waals surface area contributed by atoms with Crippen molar-refractivity contribution in [1.29, 1.82) is 0 Å². The highest BCUT2D eigenvalue weighted by Crippen LogP contribution is 2.15. The second kappa shape index (κ2) is 7.07. The molecule has 0 atom stereocenters. The van der Waals surface area contributed by atoms with Crippen LogP contribution >= 0.6 is 0 Å². The van der Waals surface area contributed by atoms with E-state index in [0.29, 0.717) is 18.8 Å². The lowest BCUT2D eigenvalue weighted by atomic mass is 10.1. The smallest absolute Gasteiger partial charge is 0.325 e. The van der Waals surface area contributed by atoms with Crippen molar-refractivity contribution in [3.05, 3.63) is 17.5 Å². The maximum atomic E-state index is 12.4. The lowest BCUT2D eigenvalue weighted by Gasteiger charge is -2.16. The molecule has 0 unspecified atom stereocenters. The third-order valence-electron chi connectivity index (χ3n) is 2.93. The summed E-state index contributed by atoms with van der Waals surface area (Å²) in [6.07, 6.45) is 0. The van der Waals surface area contributed by atoms with Gasteiger partial charge in [-0.1, -0.05) is 13.8 Å². The SMILES string of the molecule is CCOC(=O)CN(C)C(=O)c1cc(C(C)C)nn1CC. The zero-order valence-corrected chi connectivity index (χ0v) is 12.8. The fourth-order valence-corrected chi connectivity index (χ4v) is 1.80. The molecule has 1 aromatic rings. The van der Waals surface area contributed by atoms with E-state index in [2.05, 4.69) is 5.10 Å². The van der Waals surface area contributed by atoms with Gasteiger partial charge in [0, 0.05) is 13.6 Å². The Hall–Kier alpha value is -1.85. The number of ether oxygens (including phenoxy) is 1. The molecule has 0 spiro atoms. The van der Waals surface area contributed by atoms with Crippen LogP contribution in [0.2, 0.25) is 0 Å². The van der Waals surface area contributed by atoms with Gasteiger partial charge in [0.1, 0.15) is 12.2 Å². The molecule has 0 radical (unpaired) electrons. The Morgan fingerprint density at radius 2 is 2.05 bits per heavy atom. The van der Waals surface area contributed by atoms with Crippen molar-refractivity contribution < 1.29 is 14.3 Å². The molecule has 0 aliphatic rings. The molecule has 0 aliphatic heterocycles. The summed E-state index contributed by atoms with van der Waals surface area (Å²) >= 11 is 0. The first-order valence-electron chi connectivity index (χ1n) is 6.89. The Bertz CT molecular complexity index is 480. The molecule has 0 fully saturated rings. The summed E-state index contributed by atoms with van der Waals surface area (Å²) < 4.78 is 6.51. The highest BCUT2D eigenvalue weighted by molar-refractivity contribution is 5.94. The molecule has 0 saturated heterocycles. The number of nitrogens with zero attached hydrogens (tertiary/aromatic N) is 3. The first kappa shape index (κ1) is 16.2. The average Bonchev–Trinajstić information content (AvgIpc) is 2.82. The number of carbonyl (C=O) groups excluding carboxylic acids is 2. The largest absolute Gasteiger partial charge is 0.465 e. The third-order valence-corrected chi connectivity index (χ3v) is 2.93. The van der Waals surface area contributed by atoms with Crippen LogP contribution in [0, 0.1) is 0 Å². The van der Waals surface area contributed by atoms with E-state index < -0.39 is 5.97 Å². The van der Waals surface area contributed by atoms with Crippen molar-refractivity contribution >= 4 is 11.9 Å². The van der Waals surface area contributed by atoms with Gasteiger partial charge >= 0.3 is 5.97 Å². The molecule has 0 bridgehead atoms. The van der Waals surface area contributed by atoms with Gasteiger partial charge in [-0.15, -0.1) is 0 Å². The highest BCUT2D eigenvalue weighted by atomic mass is 16.5. The van der Waals surface area contributed by atoms with E-state index in [1.807, 2.05) is 20.8 Å². The molecular weight excluding hydrogens is 258 g/mol. The lowest BCUT2D eigenvalue weighted by molar-refractivity contribution is -0.143. The Balaban J connectivity index is 2.88. The topological polar surface area (TPSA) is 64.4 Å². The van der Waals surface area contributed by atoms with Gasteiger partial charge in [-0.3, -0.25) is 14.3 Å². The number of hydrogen-bond donors (Lipinski definition) is 0. The van der Waals surface area contributed by atoms with E-state index in [1.165, 1.54) is 4.90 Å². The quantitative estimate of drug-likeness (QED) is 0.744. The van der Waals surface area contributed by atoms with Crippen LogP contribution in [0.3, 0.4) is 0 Å². The number of likely N-dealkylation sites (N-methyl/N-ethyl adjacent to an activating group) is 1. The minimum atomic E-state index is -0.407. The summed E-state index contributed by atoms with van der Waals surface area (Å²) in [7, 11) is 1.58. The Labute approximate surface area is 119 Å². The normalized spacial score (nSPS) is 10.7. The summed E-state index contributed by atoms with van der Waals surface area (Å²) in [4.78, 5) is 25.1. The first-order chi connectivity index (χ1) is 9.40. The predicted octanol–water partition coefficient (Wildman–Crippen LogP) is 1.66. The van der Waals surface area contributed by atoms with E-state index in [0.717, 1.165) is 5.69 Å². The number of amides is 1. The minimum Gasteiger partial charge on any atom is -0.465 e. The van der Waals surface area contributed by atoms with Crippen LogP contribution < -0.4 is 0 Å². The van der Waals surface area contributed by atoms with Crippen molar-refractivity contribution in [2.75, 3.05) is 20.2 Å². The first-order valence-corrected chi connectivity index (χ1v) is 6.89. The molecule has 0 N–H and O–H groups in total. The molecule has 0 saturated carbocycles. The molecule has 20 heavy (non-hydrogen) atoms. The summed E-state index contributed by atoms with van der Waals surface area (Å²) in [5.41, 5.74) is 1.38. The average molecular weight is 281 g/mol. The lowest BCUT2D eigenvalue weighted by Crippen LogP contribution is -2.34. The minimum absolute atomic E-state index is 0.0570. The van der Waals surface area contributed by atoms with Crippen LogP contribution in [0.15, 0.2) is 6.07 Å². The standard InChI is InChI=1S/C14H23N3O3/c1-6-17-12(8-11(15-17)10(3)4)14(19)16(5)9-13(18)20-7-2/h8,10H,6-7,9H2,1-5H3. The number of esters is 1. The number of aryl methyl sites for hydroxylation is 1. The Kier molecular flexibility index (Phi) is 5.73. The van der Waals surface area contributed by atoms with Crippen molar-refractivity contribution in [2.24, 2.45) is 0 Å². The van der Waals surface area contributed by atoms with Crippen molar-refractivity contribution in [3.63, 3.8) is 0 Å². The van der Waals surface area contributed by atoms with E-state index >= 15 is 0 Å². The third kappa shape index (κ3) is 3.82. The van der Waals surface area contributed by atoms with E-state index in [9.17, 15) is 9.59 Å². The van der Waals surface area contributed by atoms with Crippen LogP contribution in [0.25, 0.3) is 0 Å². The fourth-order valence-electron chi connectivity index (χ4n) is 1.80. The number of rotatable bonds is 6. The second-order valence-electron chi connectivity index (χ2n) is 4.89. The monoisotopic (exact) mass is 281 g/mol. The Morgan fingerprint density at radius 3 is 2.55 bits per heavy atom. The Morgan fingerprint density at radius 1 is 1.40 bits per heavy atom. The summed E-state index contributed by atoms with van der Waals surface area (Å²) in [6, 6.07) is 1.79.